The Morgan fingerprint density at radius 1 is 1.06 bits per heavy atom. The molecule has 4 rings (SSSR count). The van der Waals surface area contributed by atoms with Gasteiger partial charge in [-0.25, -0.2) is 8.42 Å². The van der Waals surface area contributed by atoms with E-state index in [-0.39, 0.29) is 23.7 Å². The monoisotopic (exact) mass is 487 g/mol. The van der Waals surface area contributed by atoms with Crippen LogP contribution < -0.4 is 5.32 Å². The van der Waals surface area contributed by atoms with E-state index in [2.05, 4.69) is 5.32 Å². The van der Waals surface area contributed by atoms with Gasteiger partial charge in [0, 0.05) is 30.9 Å². The van der Waals surface area contributed by atoms with Crippen LogP contribution in [0.3, 0.4) is 0 Å². The maximum absolute atomic E-state index is 13.0. The van der Waals surface area contributed by atoms with E-state index in [1.54, 1.807) is 12.1 Å². The molecule has 0 spiro atoms. The van der Waals surface area contributed by atoms with Gasteiger partial charge in [0.25, 0.3) is 11.6 Å². The zero-order valence-electron chi connectivity index (χ0n) is 18.4. The number of anilines is 1. The second-order valence-electron chi connectivity index (χ2n) is 8.42. The van der Waals surface area contributed by atoms with E-state index in [0.717, 1.165) is 24.8 Å². The molecule has 1 amide bonds. The molecule has 1 fully saturated rings. The van der Waals surface area contributed by atoms with Gasteiger partial charge in [-0.1, -0.05) is 6.07 Å². The molecule has 10 nitrogen and oxygen atoms in total. The Hall–Kier alpha value is -3.31. The van der Waals surface area contributed by atoms with E-state index in [1.165, 1.54) is 34.1 Å². The number of piperidine rings is 1. The van der Waals surface area contributed by atoms with Crippen molar-refractivity contribution in [1.82, 2.24) is 4.31 Å². The van der Waals surface area contributed by atoms with Crippen molar-refractivity contribution in [3.8, 4) is 0 Å². The number of hydrogen-bond donors (Lipinski definition) is 1. The quantitative estimate of drug-likeness (QED) is 0.360. The molecule has 180 valence electrons. The number of carbonyl (C=O) groups excluding carboxylic acids is 2. The van der Waals surface area contributed by atoms with Crippen molar-refractivity contribution in [1.29, 1.82) is 0 Å². The Labute approximate surface area is 197 Å². The average molecular weight is 488 g/mol. The zero-order valence-corrected chi connectivity index (χ0v) is 19.3. The first-order valence-electron chi connectivity index (χ1n) is 11.1. The van der Waals surface area contributed by atoms with Gasteiger partial charge in [-0.05, 0) is 67.5 Å². The van der Waals surface area contributed by atoms with Crippen LogP contribution in [0.4, 0.5) is 11.4 Å². The number of rotatable bonds is 7. The molecule has 0 radical (unpaired) electrons. The molecule has 0 aromatic heterocycles. The molecule has 34 heavy (non-hydrogen) atoms. The van der Waals surface area contributed by atoms with Crippen LogP contribution >= 0.6 is 0 Å². The first-order valence-corrected chi connectivity index (χ1v) is 12.5. The standard InChI is InChI=1S/C23H25N3O7S/c27-22(24-19-5-7-20(8-6-19)26(29)30)15-33-23(28)17-10-12-25(13-11-17)34(31,32)21-9-4-16-2-1-3-18(16)14-21/h4-9,14,17H,1-3,10-13,15H2,(H,24,27). The number of esters is 1. The Kier molecular flexibility index (Phi) is 6.94. The molecule has 1 heterocycles. The van der Waals surface area contributed by atoms with Crippen molar-refractivity contribution in [2.45, 2.75) is 37.0 Å². The van der Waals surface area contributed by atoms with Gasteiger partial charge in [-0.15, -0.1) is 0 Å². The van der Waals surface area contributed by atoms with Gasteiger partial charge in [0.05, 0.1) is 15.7 Å². The van der Waals surface area contributed by atoms with Crippen LogP contribution in [0, 0.1) is 16.0 Å². The minimum Gasteiger partial charge on any atom is -0.455 e. The summed E-state index contributed by atoms with van der Waals surface area (Å²) in [6, 6.07) is 10.6. The molecule has 0 unspecified atom stereocenters. The van der Waals surface area contributed by atoms with Gasteiger partial charge in [0.1, 0.15) is 0 Å². The summed E-state index contributed by atoms with van der Waals surface area (Å²) in [4.78, 5) is 34.8. The fourth-order valence-electron chi connectivity index (χ4n) is 4.31. The van der Waals surface area contributed by atoms with Crippen molar-refractivity contribution in [2.75, 3.05) is 25.0 Å². The molecule has 2 aliphatic rings. The molecule has 11 heteroatoms. The minimum atomic E-state index is -3.63. The van der Waals surface area contributed by atoms with Crippen LogP contribution in [0.5, 0.6) is 0 Å². The highest BCUT2D eigenvalue weighted by Gasteiger charge is 2.33. The predicted molar refractivity (Wildman–Crippen MR) is 123 cm³/mol. The number of benzene rings is 2. The number of fused-ring (bicyclic) bond motifs is 1. The Morgan fingerprint density at radius 3 is 2.41 bits per heavy atom. The normalized spacial score (nSPS) is 16.6. The van der Waals surface area contributed by atoms with Crippen molar-refractivity contribution in [3.63, 3.8) is 0 Å². The van der Waals surface area contributed by atoms with Gasteiger partial charge in [-0.2, -0.15) is 4.31 Å². The zero-order chi connectivity index (χ0) is 24.3. The van der Waals surface area contributed by atoms with Crippen molar-refractivity contribution >= 4 is 33.3 Å². The first-order chi connectivity index (χ1) is 16.2. The lowest BCUT2D eigenvalue weighted by Gasteiger charge is -2.30. The van der Waals surface area contributed by atoms with E-state index >= 15 is 0 Å². The lowest BCUT2D eigenvalue weighted by Crippen LogP contribution is -2.41. The van der Waals surface area contributed by atoms with Crippen molar-refractivity contribution in [2.24, 2.45) is 5.92 Å². The summed E-state index contributed by atoms with van der Waals surface area (Å²) >= 11 is 0. The number of amides is 1. The lowest BCUT2D eigenvalue weighted by molar-refractivity contribution is -0.384. The van der Waals surface area contributed by atoms with Gasteiger partial charge >= 0.3 is 5.97 Å². The van der Waals surface area contributed by atoms with E-state index < -0.39 is 39.3 Å². The molecular formula is C23H25N3O7S. The number of non-ortho nitro benzene ring substituents is 1. The van der Waals surface area contributed by atoms with Crippen LogP contribution in [-0.2, 0) is 37.2 Å². The van der Waals surface area contributed by atoms with Crippen LogP contribution in [0.15, 0.2) is 47.4 Å². The Balaban J connectivity index is 1.25. The average Bonchev–Trinajstić information content (AvgIpc) is 3.31. The third-order valence-electron chi connectivity index (χ3n) is 6.20. The summed E-state index contributed by atoms with van der Waals surface area (Å²) in [5, 5.41) is 13.2. The molecule has 1 saturated heterocycles. The molecule has 0 atom stereocenters. The maximum atomic E-state index is 13.0. The molecule has 1 aliphatic heterocycles. The van der Waals surface area contributed by atoms with Crippen LogP contribution in [0.25, 0.3) is 0 Å². The summed E-state index contributed by atoms with van der Waals surface area (Å²) in [6.07, 6.45) is 3.54. The number of nitro benzene ring substituents is 1. The number of aryl methyl sites for hydroxylation is 2. The third-order valence-corrected chi connectivity index (χ3v) is 8.10. The number of nitrogens with zero attached hydrogens (tertiary/aromatic N) is 2. The molecule has 1 N–H and O–H groups in total. The number of carbonyl (C=O) groups is 2. The number of ether oxygens (including phenoxy) is 1. The van der Waals surface area contributed by atoms with Gasteiger partial charge in [0.2, 0.25) is 10.0 Å². The van der Waals surface area contributed by atoms with Crippen LogP contribution in [-0.4, -0.2) is 49.2 Å². The van der Waals surface area contributed by atoms with Gasteiger partial charge < -0.3 is 10.1 Å². The topological polar surface area (TPSA) is 136 Å². The lowest BCUT2D eigenvalue weighted by atomic mass is 9.98. The number of hydrogen-bond acceptors (Lipinski definition) is 7. The highest BCUT2D eigenvalue weighted by Crippen LogP contribution is 2.29. The fraction of sp³-hybridized carbons (Fsp3) is 0.391. The summed E-state index contributed by atoms with van der Waals surface area (Å²) < 4.78 is 32.6. The van der Waals surface area contributed by atoms with E-state index in [1.807, 2.05) is 6.07 Å². The van der Waals surface area contributed by atoms with E-state index in [4.69, 9.17) is 4.74 Å². The van der Waals surface area contributed by atoms with Gasteiger partial charge in [0.15, 0.2) is 6.61 Å². The maximum Gasteiger partial charge on any atom is 0.309 e. The highest BCUT2D eigenvalue weighted by atomic mass is 32.2. The molecule has 0 bridgehead atoms. The van der Waals surface area contributed by atoms with Gasteiger partial charge in [-0.3, -0.25) is 19.7 Å². The first kappa shape index (κ1) is 23.8. The summed E-state index contributed by atoms with van der Waals surface area (Å²) in [7, 11) is -3.63. The molecular weight excluding hydrogens is 462 g/mol. The molecule has 2 aromatic carbocycles. The van der Waals surface area contributed by atoms with Crippen molar-refractivity contribution < 1.29 is 27.7 Å². The largest absolute Gasteiger partial charge is 0.455 e. The Bertz CT molecular complexity index is 1200. The summed E-state index contributed by atoms with van der Waals surface area (Å²) in [6.45, 7) is -0.0915. The predicted octanol–water partition coefficient (Wildman–Crippen LogP) is 2.67. The minimum absolute atomic E-state index is 0.103. The second kappa shape index (κ2) is 9.90. The van der Waals surface area contributed by atoms with E-state index in [0.29, 0.717) is 18.5 Å². The summed E-state index contributed by atoms with van der Waals surface area (Å²) in [5.74, 6) is -1.61. The number of sulfonamides is 1. The SMILES string of the molecule is O=C(COC(=O)C1CCN(S(=O)(=O)c2ccc3c(c2)CCC3)CC1)Nc1ccc([N+](=O)[O-])cc1. The Morgan fingerprint density at radius 2 is 1.74 bits per heavy atom. The number of nitrogens with one attached hydrogen (secondary N) is 1. The third kappa shape index (κ3) is 5.26. The van der Waals surface area contributed by atoms with E-state index in [9.17, 15) is 28.1 Å². The fourth-order valence-corrected chi connectivity index (χ4v) is 5.83. The van der Waals surface area contributed by atoms with Crippen LogP contribution in [0.2, 0.25) is 0 Å². The second-order valence-corrected chi connectivity index (χ2v) is 10.4. The smallest absolute Gasteiger partial charge is 0.309 e. The highest BCUT2D eigenvalue weighted by molar-refractivity contribution is 7.89. The molecule has 0 saturated carbocycles. The number of nitro groups is 1. The van der Waals surface area contributed by atoms with Crippen molar-refractivity contribution in [3.05, 3.63) is 63.7 Å². The summed E-state index contributed by atoms with van der Waals surface area (Å²) in [5.41, 5.74) is 2.54. The molecule has 2 aromatic rings. The van der Waals surface area contributed by atoms with Crippen LogP contribution in [0.1, 0.15) is 30.4 Å². The molecule has 1 aliphatic carbocycles.